The fraction of sp³-hybridized carbons (Fsp3) is 0.333. The summed E-state index contributed by atoms with van der Waals surface area (Å²) in [5.41, 5.74) is 2.42. The summed E-state index contributed by atoms with van der Waals surface area (Å²) >= 11 is 0. The van der Waals surface area contributed by atoms with Crippen molar-refractivity contribution in [3.63, 3.8) is 0 Å². The van der Waals surface area contributed by atoms with Gasteiger partial charge in [-0.1, -0.05) is 32.6 Å². The Hall–Kier alpha value is -1.24. The summed E-state index contributed by atoms with van der Waals surface area (Å²) in [5.74, 6) is 0.595. The van der Waals surface area contributed by atoms with Crippen LogP contribution in [0, 0.1) is 5.92 Å². The normalized spacial score (nSPS) is 11.4. The summed E-state index contributed by atoms with van der Waals surface area (Å²) in [4.78, 5) is 0. The molecule has 0 spiro atoms. The van der Waals surface area contributed by atoms with Gasteiger partial charge in [0.1, 0.15) is 0 Å². The minimum atomic E-state index is 0.595. The van der Waals surface area contributed by atoms with Crippen LogP contribution in [0.3, 0.4) is 0 Å². The lowest BCUT2D eigenvalue weighted by atomic mass is 10.1. The Morgan fingerprint density at radius 3 is 2.69 bits per heavy atom. The Bertz CT molecular complexity index is 316. The first-order valence-electron chi connectivity index (χ1n) is 4.61. The Morgan fingerprint density at radius 2 is 2.15 bits per heavy atom. The second kappa shape index (κ2) is 4.13. The van der Waals surface area contributed by atoms with E-state index in [1.54, 1.807) is 0 Å². The second-order valence-electron chi connectivity index (χ2n) is 3.57. The number of nitrogens with zero attached hydrogens (tertiary/aromatic N) is 1. The molecule has 1 heteroatoms. The summed E-state index contributed by atoms with van der Waals surface area (Å²) in [6.07, 6.45) is 8.29. The SMILES string of the molecule is C=Cc1c(/C=C\C(C)C)ccn1C. The third kappa shape index (κ3) is 2.35. The van der Waals surface area contributed by atoms with E-state index in [9.17, 15) is 0 Å². The van der Waals surface area contributed by atoms with Crippen molar-refractivity contribution in [3.8, 4) is 0 Å². The first-order valence-corrected chi connectivity index (χ1v) is 4.61. The summed E-state index contributed by atoms with van der Waals surface area (Å²) in [6, 6.07) is 2.11. The molecule has 0 aliphatic carbocycles. The van der Waals surface area contributed by atoms with Gasteiger partial charge in [0.15, 0.2) is 0 Å². The quantitative estimate of drug-likeness (QED) is 0.664. The van der Waals surface area contributed by atoms with Crippen molar-refractivity contribution >= 4 is 12.2 Å². The zero-order chi connectivity index (χ0) is 9.84. The summed E-state index contributed by atoms with van der Waals surface area (Å²) in [5, 5.41) is 0. The van der Waals surface area contributed by atoms with Gasteiger partial charge < -0.3 is 4.57 Å². The fourth-order valence-electron chi connectivity index (χ4n) is 1.26. The smallest absolute Gasteiger partial charge is 0.0471 e. The van der Waals surface area contributed by atoms with Crippen LogP contribution in [0.4, 0.5) is 0 Å². The van der Waals surface area contributed by atoms with E-state index in [-0.39, 0.29) is 0 Å². The molecule has 1 rings (SSSR count). The van der Waals surface area contributed by atoms with Crippen LogP contribution in [-0.4, -0.2) is 4.57 Å². The van der Waals surface area contributed by atoms with Gasteiger partial charge in [-0.05, 0) is 23.6 Å². The van der Waals surface area contributed by atoms with E-state index in [2.05, 4.69) is 49.4 Å². The number of hydrogen-bond donors (Lipinski definition) is 0. The molecule has 0 atom stereocenters. The molecule has 0 bridgehead atoms. The Balaban J connectivity index is 2.94. The standard InChI is InChI=1S/C12H17N/c1-5-12-11(7-6-10(2)3)8-9-13(12)4/h5-10H,1H2,2-4H3/b7-6-. The van der Waals surface area contributed by atoms with E-state index < -0.39 is 0 Å². The minimum absolute atomic E-state index is 0.595. The van der Waals surface area contributed by atoms with Crippen LogP contribution >= 0.6 is 0 Å². The second-order valence-corrected chi connectivity index (χ2v) is 3.57. The monoisotopic (exact) mass is 175 g/mol. The van der Waals surface area contributed by atoms with E-state index in [0.717, 1.165) is 0 Å². The largest absolute Gasteiger partial charge is 0.351 e. The molecule has 0 fully saturated rings. The Morgan fingerprint density at radius 1 is 1.46 bits per heavy atom. The molecule has 1 aromatic heterocycles. The molecule has 0 unspecified atom stereocenters. The number of aromatic nitrogens is 1. The topological polar surface area (TPSA) is 4.93 Å². The van der Waals surface area contributed by atoms with Crippen LogP contribution < -0.4 is 0 Å². The number of allylic oxidation sites excluding steroid dienone is 1. The minimum Gasteiger partial charge on any atom is -0.351 e. The predicted octanol–water partition coefficient (Wildman–Crippen LogP) is 3.34. The van der Waals surface area contributed by atoms with E-state index in [1.807, 2.05) is 13.1 Å². The van der Waals surface area contributed by atoms with Crippen molar-refractivity contribution in [2.45, 2.75) is 13.8 Å². The molecule has 0 saturated carbocycles. The highest BCUT2D eigenvalue weighted by atomic mass is 14.9. The van der Waals surface area contributed by atoms with Crippen molar-refractivity contribution in [2.75, 3.05) is 0 Å². The van der Waals surface area contributed by atoms with Gasteiger partial charge in [-0.2, -0.15) is 0 Å². The van der Waals surface area contributed by atoms with Gasteiger partial charge in [0.05, 0.1) is 0 Å². The highest BCUT2D eigenvalue weighted by Gasteiger charge is 1.98. The molecule has 0 radical (unpaired) electrons. The van der Waals surface area contributed by atoms with Crippen molar-refractivity contribution in [2.24, 2.45) is 13.0 Å². The molecule has 70 valence electrons. The zero-order valence-electron chi connectivity index (χ0n) is 8.62. The van der Waals surface area contributed by atoms with E-state index in [4.69, 9.17) is 0 Å². The number of hydrogen-bond acceptors (Lipinski definition) is 0. The maximum atomic E-state index is 3.80. The third-order valence-electron chi connectivity index (χ3n) is 2.01. The van der Waals surface area contributed by atoms with Gasteiger partial charge in [-0.15, -0.1) is 0 Å². The predicted molar refractivity (Wildman–Crippen MR) is 59.4 cm³/mol. The molecular weight excluding hydrogens is 158 g/mol. The molecule has 0 amide bonds. The molecule has 1 heterocycles. The summed E-state index contributed by atoms with van der Waals surface area (Å²) in [6.45, 7) is 8.14. The van der Waals surface area contributed by atoms with Crippen LogP contribution in [0.2, 0.25) is 0 Å². The van der Waals surface area contributed by atoms with Crippen molar-refractivity contribution in [1.82, 2.24) is 4.57 Å². The molecule has 0 aliphatic rings. The lowest BCUT2D eigenvalue weighted by molar-refractivity contribution is 0.836. The number of aryl methyl sites for hydroxylation is 1. The van der Waals surface area contributed by atoms with Crippen LogP contribution in [0.1, 0.15) is 25.1 Å². The van der Waals surface area contributed by atoms with Gasteiger partial charge in [-0.3, -0.25) is 0 Å². The van der Waals surface area contributed by atoms with Crippen LogP contribution in [0.15, 0.2) is 24.9 Å². The Labute approximate surface area is 80.4 Å². The number of rotatable bonds is 3. The van der Waals surface area contributed by atoms with Crippen LogP contribution in [0.5, 0.6) is 0 Å². The lowest BCUT2D eigenvalue weighted by Crippen LogP contribution is -1.88. The maximum absolute atomic E-state index is 3.80. The van der Waals surface area contributed by atoms with Crippen LogP contribution in [0.25, 0.3) is 12.2 Å². The molecular formula is C12H17N. The molecule has 0 aliphatic heterocycles. The third-order valence-corrected chi connectivity index (χ3v) is 2.01. The zero-order valence-corrected chi connectivity index (χ0v) is 8.62. The molecule has 0 saturated heterocycles. The van der Waals surface area contributed by atoms with Gasteiger partial charge in [-0.25, -0.2) is 0 Å². The molecule has 13 heavy (non-hydrogen) atoms. The average Bonchev–Trinajstić information content (AvgIpc) is 2.42. The van der Waals surface area contributed by atoms with Crippen molar-refractivity contribution in [1.29, 1.82) is 0 Å². The highest BCUT2D eigenvalue weighted by Crippen LogP contribution is 2.14. The van der Waals surface area contributed by atoms with Crippen molar-refractivity contribution in [3.05, 3.63) is 36.2 Å². The van der Waals surface area contributed by atoms with Gasteiger partial charge in [0.2, 0.25) is 0 Å². The molecule has 0 N–H and O–H groups in total. The first-order chi connectivity index (χ1) is 6.15. The van der Waals surface area contributed by atoms with E-state index >= 15 is 0 Å². The van der Waals surface area contributed by atoms with Gasteiger partial charge in [0, 0.05) is 18.9 Å². The molecule has 0 aromatic carbocycles. The Kier molecular flexibility index (Phi) is 3.13. The first kappa shape index (κ1) is 9.85. The summed E-state index contributed by atoms with van der Waals surface area (Å²) < 4.78 is 2.08. The van der Waals surface area contributed by atoms with Gasteiger partial charge in [0.25, 0.3) is 0 Å². The molecule has 1 aromatic rings. The highest BCUT2D eigenvalue weighted by molar-refractivity contribution is 5.62. The molecule has 1 nitrogen and oxygen atoms in total. The summed E-state index contributed by atoms with van der Waals surface area (Å²) in [7, 11) is 2.03. The van der Waals surface area contributed by atoms with Crippen LogP contribution in [-0.2, 0) is 7.05 Å². The van der Waals surface area contributed by atoms with E-state index in [0.29, 0.717) is 5.92 Å². The fourth-order valence-corrected chi connectivity index (χ4v) is 1.26. The average molecular weight is 175 g/mol. The lowest BCUT2D eigenvalue weighted by Gasteiger charge is -1.98. The van der Waals surface area contributed by atoms with E-state index in [1.165, 1.54) is 11.3 Å². The van der Waals surface area contributed by atoms with Crippen molar-refractivity contribution < 1.29 is 0 Å². The maximum Gasteiger partial charge on any atom is 0.0471 e. The van der Waals surface area contributed by atoms with Gasteiger partial charge >= 0.3 is 0 Å².